The van der Waals surface area contributed by atoms with Crippen molar-refractivity contribution in [2.45, 2.75) is 0 Å². The predicted molar refractivity (Wildman–Crippen MR) is 109 cm³/mol. The Hall–Kier alpha value is -4.47. The first-order valence-corrected chi connectivity index (χ1v) is 8.66. The Morgan fingerprint density at radius 2 is 1.87 bits per heavy atom. The number of hydrogen-bond acceptors (Lipinski definition) is 7. The Labute approximate surface area is 169 Å². The summed E-state index contributed by atoms with van der Waals surface area (Å²) in [6.07, 6.45) is 2.87. The highest BCUT2D eigenvalue weighted by Gasteiger charge is 2.21. The number of rotatable bonds is 7. The van der Waals surface area contributed by atoms with Crippen LogP contribution in [0, 0.1) is 10.1 Å². The summed E-state index contributed by atoms with van der Waals surface area (Å²) in [5.41, 5.74) is -0.896. The van der Waals surface area contributed by atoms with E-state index in [1.807, 2.05) is 6.07 Å². The normalized spacial score (nSPS) is 10.7. The van der Waals surface area contributed by atoms with E-state index in [1.54, 1.807) is 48.5 Å². The second kappa shape index (κ2) is 9.15. The van der Waals surface area contributed by atoms with Crippen LogP contribution in [-0.2, 0) is 4.79 Å². The predicted octanol–water partition coefficient (Wildman–Crippen LogP) is 2.57. The summed E-state index contributed by atoms with van der Waals surface area (Å²) in [5, 5.41) is 23.0. The lowest BCUT2D eigenvalue weighted by molar-refractivity contribution is -0.387. The van der Waals surface area contributed by atoms with Gasteiger partial charge in [0.15, 0.2) is 6.61 Å². The molecule has 1 amide bonds. The van der Waals surface area contributed by atoms with Crippen LogP contribution >= 0.6 is 0 Å². The molecule has 3 rings (SSSR count). The summed E-state index contributed by atoms with van der Waals surface area (Å²) in [6, 6.07) is 15.7. The molecule has 0 fully saturated rings. The van der Waals surface area contributed by atoms with Crippen LogP contribution in [-0.4, -0.2) is 32.5 Å². The van der Waals surface area contributed by atoms with Crippen LogP contribution in [0.1, 0.15) is 11.4 Å². The molecule has 0 bridgehead atoms. The first-order valence-electron chi connectivity index (χ1n) is 8.66. The van der Waals surface area contributed by atoms with E-state index in [1.165, 1.54) is 12.2 Å². The minimum atomic E-state index is -1.07. The molecule has 0 aliphatic carbocycles. The molecular weight excluding hydrogens is 392 g/mol. The largest absolute Gasteiger partial charge is 0.488 e. The monoisotopic (exact) mass is 408 g/mol. The van der Waals surface area contributed by atoms with Crippen LogP contribution < -0.4 is 15.6 Å². The minimum Gasteiger partial charge on any atom is -0.488 e. The zero-order chi connectivity index (χ0) is 21.5. The molecule has 0 saturated carbocycles. The molecular formula is C20H16N4O6. The number of nitro groups is 1. The Kier molecular flexibility index (Phi) is 6.18. The molecule has 0 spiro atoms. The number of benzene rings is 2. The second-order valence-corrected chi connectivity index (χ2v) is 5.95. The van der Waals surface area contributed by atoms with Gasteiger partial charge in [0.1, 0.15) is 11.6 Å². The number of anilines is 1. The number of ether oxygens (including phenoxy) is 1. The van der Waals surface area contributed by atoms with E-state index < -0.39 is 22.0 Å². The van der Waals surface area contributed by atoms with Gasteiger partial charge in [-0.15, -0.1) is 0 Å². The van der Waals surface area contributed by atoms with Gasteiger partial charge >= 0.3 is 11.2 Å². The molecule has 0 saturated heterocycles. The number of amides is 1. The lowest BCUT2D eigenvalue weighted by Crippen LogP contribution is -2.20. The molecule has 0 aliphatic rings. The highest BCUT2D eigenvalue weighted by Crippen LogP contribution is 2.21. The third kappa shape index (κ3) is 5.07. The van der Waals surface area contributed by atoms with Crippen molar-refractivity contribution < 1.29 is 19.6 Å². The molecule has 3 N–H and O–H groups in total. The molecule has 10 nitrogen and oxygen atoms in total. The van der Waals surface area contributed by atoms with Gasteiger partial charge in [-0.25, -0.2) is 0 Å². The summed E-state index contributed by atoms with van der Waals surface area (Å²) in [6.45, 7) is -0.229. The number of aromatic amines is 1. The molecule has 152 valence electrons. The Balaban J connectivity index is 1.72. The zero-order valence-electron chi connectivity index (χ0n) is 15.4. The van der Waals surface area contributed by atoms with E-state index in [0.29, 0.717) is 17.0 Å². The minimum absolute atomic E-state index is 0.0836. The van der Waals surface area contributed by atoms with E-state index in [0.717, 1.165) is 0 Å². The fourth-order valence-electron chi connectivity index (χ4n) is 2.50. The summed E-state index contributed by atoms with van der Waals surface area (Å²) < 4.78 is 5.56. The standard InChI is InChI=1S/C20H16N4O6/c25-17(21-14-7-2-1-3-8-14)12-30-15-9-5-4-6-13(15)10-11-16-22-19(26)18(24(28)29)20(27)23-16/h1-11H,12H2,(H,21,25)(H2,22,23,26,27)/b11-10-. The van der Waals surface area contributed by atoms with Crippen molar-refractivity contribution in [3.8, 4) is 11.6 Å². The number of nitrogens with one attached hydrogen (secondary N) is 2. The smallest absolute Gasteiger partial charge is 0.395 e. The van der Waals surface area contributed by atoms with Crippen molar-refractivity contribution >= 4 is 29.4 Å². The average Bonchev–Trinajstić information content (AvgIpc) is 2.71. The zero-order valence-corrected chi connectivity index (χ0v) is 15.4. The topological polar surface area (TPSA) is 147 Å². The lowest BCUT2D eigenvalue weighted by Gasteiger charge is -2.09. The number of nitrogens with zero attached hydrogens (tertiary/aromatic N) is 2. The Morgan fingerprint density at radius 3 is 2.57 bits per heavy atom. The molecule has 0 aliphatic heterocycles. The number of para-hydroxylation sites is 2. The van der Waals surface area contributed by atoms with Crippen molar-refractivity contribution in [1.29, 1.82) is 0 Å². The van der Waals surface area contributed by atoms with Crippen molar-refractivity contribution in [2.75, 3.05) is 11.9 Å². The molecule has 1 aromatic heterocycles. The second-order valence-electron chi connectivity index (χ2n) is 5.95. The van der Waals surface area contributed by atoms with Crippen molar-refractivity contribution in [2.24, 2.45) is 0 Å². The molecule has 0 radical (unpaired) electrons. The van der Waals surface area contributed by atoms with E-state index in [2.05, 4.69) is 15.3 Å². The van der Waals surface area contributed by atoms with Crippen LogP contribution in [0.25, 0.3) is 12.2 Å². The van der Waals surface area contributed by atoms with Gasteiger partial charge in [0.05, 0.1) is 4.92 Å². The maximum absolute atomic E-state index is 12.1. The number of aromatic nitrogens is 2. The molecule has 0 unspecified atom stereocenters. The average molecular weight is 408 g/mol. The molecule has 2 aromatic carbocycles. The fourth-order valence-corrected chi connectivity index (χ4v) is 2.50. The highest BCUT2D eigenvalue weighted by molar-refractivity contribution is 5.91. The van der Waals surface area contributed by atoms with Crippen LogP contribution in [0.2, 0.25) is 0 Å². The van der Waals surface area contributed by atoms with E-state index in [4.69, 9.17) is 4.74 Å². The van der Waals surface area contributed by atoms with Gasteiger partial charge < -0.3 is 20.1 Å². The van der Waals surface area contributed by atoms with Gasteiger partial charge in [-0.05, 0) is 30.4 Å². The first-order chi connectivity index (χ1) is 14.4. The third-order valence-corrected chi connectivity index (χ3v) is 3.83. The number of hydrogen-bond donors (Lipinski definition) is 3. The van der Waals surface area contributed by atoms with Gasteiger partial charge in [0.2, 0.25) is 0 Å². The lowest BCUT2D eigenvalue weighted by atomic mass is 10.2. The van der Waals surface area contributed by atoms with Gasteiger partial charge in [0, 0.05) is 11.3 Å². The molecule has 1 heterocycles. The molecule has 0 atom stereocenters. The molecule has 30 heavy (non-hydrogen) atoms. The van der Waals surface area contributed by atoms with Crippen LogP contribution in [0.4, 0.5) is 11.4 Å². The van der Waals surface area contributed by atoms with Crippen LogP contribution in [0.5, 0.6) is 11.6 Å². The van der Waals surface area contributed by atoms with E-state index in [9.17, 15) is 24.8 Å². The van der Waals surface area contributed by atoms with Crippen LogP contribution in [0.15, 0.2) is 59.4 Å². The van der Waals surface area contributed by atoms with Crippen molar-refractivity contribution in [3.05, 3.63) is 86.5 Å². The summed E-state index contributed by atoms with van der Waals surface area (Å²) >= 11 is 0. The van der Waals surface area contributed by atoms with Crippen molar-refractivity contribution in [1.82, 2.24) is 9.97 Å². The summed E-state index contributed by atoms with van der Waals surface area (Å²) in [4.78, 5) is 39.3. The molecule has 10 heteroatoms. The molecule has 3 aromatic rings. The van der Waals surface area contributed by atoms with Gasteiger partial charge in [-0.3, -0.25) is 19.7 Å². The highest BCUT2D eigenvalue weighted by atomic mass is 16.6. The van der Waals surface area contributed by atoms with Gasteiger partial charge in [-0.1, -0.05) is 36.4 Å². The number of carbonyl (C=O) groups excluding carboxylic acids is 1. The Bertz CT molecular complexity index is 1160. The van der Waals surface area contributed by atoms with Crippen molar-refractivity contribution in [3.63, 3.8) is 0 Å². The maximum Gasteiger partial charge on any atom is 0.395 e. The van der Waals surface area contributed by atoms with Gasteiger partial charge in [0.25, 0.3) is 11.8 Å². The van der Waals surface area contributed by atoms with E-state index in [-0.39, 0.29) is 18.3 Å². The first kappa shape index (κ1) is 20.3. The number of carbonyl (C=O) groups is 1. The quantitative estimate of drug-likeness (QED) is 0.402. The Morgan fingerprint density at radius 1 is 1.17 bits per heavy atom. The third-order valence-electron chi connectivity index (χ3n) is 3.83. The van der Waals surface area contributed by atoms with E-state index >= 15 is 0 Å². The summed E-state index contributed by atoms with van der Waals surface area (Å²) in [5.74, 6) is -1.01. The number of H-pyrrole nitrogens is 1. The summed E-state index contributed by atoms with van der Waals surface area (Å²) in [7, 11) is 0. The fraction of sp³-hybridized carbons (Fsp3) is 0.0500. The van der Waals surface area contributed by atoms with Crippen LogP contribution in [0.3, 0.4) is 0 Å². The van der Waals surface area contributed by atoms with Gasteiger partial charge in [-0.2, -0.15) is 4.98 Å². The maximum atomic E-state index is 12.1. The SMILES string of the molecule is O=C(COc1ccccc1/C=C\c1nc(O)c([N+](=O)[O-])c(=O)[nH]1)Nc1ccccc1. The number of aromatic hydroxyl groups is 1.